The molecule has 0 saturated heterocycles. The van der Waals surface area contributed by atoms with Crippen LogP contribution in [0.15, 0.2) is 104 Å². The minimum atomic E-state index is -2.11. The van der Waals surface area contributed by atoms with E-state index >= 15 is 0 Å². The molecule has 0 aromatic heterocycles. The molecule has 0 aliphatic carbocycles. The van der Waals surface area contributed by atoms with Crippen LogP contribution in [0.3, 0.4) is 0 Å². The highest BCUT2D eigenvalue weighted by Gasteiger charge is 2.48. The van der Waals surface area contributed by atoms with Gasteiger partial charge in [0.2, 0.25) is 0 Å². The molecule has 2 heteroatoms. The number of hydrogen-bond acceptors (Lipinski definition) is 1. The summed E-state index contributed by atoms with van der Waals surface area (Å²) < 4.78 is 6.24. The van der Waals surface area contributed by atoms with Gasteiger partial charge in [-0.15, -0.1) is 6.58 Å². The Morgan fingerprint density at radius 2 is 1.29 bits per heavy atom. The van der Waals surface area contributed by atoms with Gasteiger partial charge in [0.15, 0.2) is 0 Å². The lowest BCUT2D eigenvalue weighted by molar-refractivity contribution is 0.0924. The van der Waals surface area contributed by atoms with Gasteiger partial charge in [0.1, 0.15) is 8.07 Å². The summed E-state index contributed by atoms with van der Waals surface area (Å²) in [7, 11) is -2.11. The maximum absolute atomic E-state index is 6.24. The molecule has 0 heterocycles. The lowest BCUT2D eigenvalue weighted by Crippen LogP contribution is -2.65. The van der Waals surface area contributed by atoms with E-state index in [2.05, 4.69) is 118 Å². The Kier molecular flexibility index (Phi) is 8.06. The van der Waals surface area contributed by atoms with Crippen molar-refractivity contribution in [1.82, 2.24) is 0 Å². The third-order valence-corrected chi connectivity index (χ3v) is 12.8. The third kappa shape index (κ3) is 5.64. The zero-order chi connectivity index (χ0) is 22.2. The zero-order valence-electron chi connectivity index (χ0n) is 19.3. The van der Waals surface area contributed by atoms with Gasteiger partial charge in [0, 0.05) is 6.61 Å². The van der Waals surface area contributed by atoms with E-state index in [0.717, 1.165) is 19.1 Å². The van der Waals surface area contributed by atoms with Crippen LogP contribution in [0.4, 0.5) is 0 Å². The maximum atomic E-state index is 6.24. The smallest absolute Gasteiger partial charge is 0.123 e. The topological polar surface area (TPSA) is 9.23 Å². The van der Waals surface area contributed by atoms with E-state index in [0.29, 0.717) is 12.5 Å². The van der Waals surface area contributed by atoms with Crippen molar-refractivity contribution in [3.63, 3.8) is 0 Å². The molecule has 162 valence electrons. The van der Waals surface area contributed by atoms with Gasteiger partial charge in [0.05, 0.1) is 6.61 Å². The lowest BCUT2D eigenvalue weighted by Gasteiger charge is -2.46. The van der Waals surface area contributed by atoms with Crippen LogP contribution in [0.5, 0.6) is 0 Å². The van der Waals surface area contributed by atoms with Gasteiger partial charge in [-0.05, 0) is 29.0 Å². The molecule has 0 saturated carbocycles. The van der Waals surface area contributed by atoms with Gasteiger partial charge < -0.3 is 4.74 Å². The first-order valence-corrected chi connectivity index (χ1v) is 13.5. The Labute approximate surface area is 189 Å². The minimum Gasteiger partial charge on any atom is -0.376 e. The zero-order valence-corrected chi connectivity index (χ0v) is 20.3. The van der Waals surface area contributed by atoms with Crippen molar-refractivity contribution in [1.29, 1.82) is 0 Å². The summed E-state index contributed by atoms with van der Waals surface area (Å²) in [4.78, 5) is 0. The summed E-state index contributed by atoms with van der Waals surface area (Å²) in [5.41, 5.74) is 1.23. The number of benzene rings is 3. The predicted molar refractivity (Wildman–Crippen MR) is 137 cm³/mol. The van der Waals surface area contributed by atoms with Crippen molar-refractivity contribution in [3.05, 3.63) is 109 Å². The molecule has 0 unspecified atom stereocenters. The van der Waals surface area contributed by atoms with Crippen LogP contribution in [0, 0.1) is 5.92 Å². The van der Waals surface area contributed by atoms with Gasteiger partial charge in [-0.1, -0.05) is 128 Å². The van der Waals surface area contributed by atoms with E-state index in [1.807, 2.05) is 6.07 Å². The molecule has 0 fully saturated rings. The molecule has 1 atom stereocenters. The molecule has 0 N–H and O–H groups in total. The summed E-state index contributed by atoms with van der Waals surface area (Å²) >= 11 is 0. The summed E-state index contributed by atoms with van der Waals surface area (Å²) in [6.45, 7) is 12.8. The SMILES string of the molecule is C=CC[C@H](COCc1ccccc1)C[Si](c1ccccc1)(c1ccccc1)C(C)(C)C. The molecule has 0 bridgehead atoms. The summed E-state index contributed by atoms with van der Waals surface area (Å²) in [5.74, 6) is 0.438. The molecule has 31 heavy (non-hydrogen) atoms. The second kappa shape index (κ2) is 10.7. The Bertz CT molecular complexity index is 874. The third-order valence-electron chi connectivity index (χ3n) is 6.37. The van der Waals surface area contributed by atoms with Crippen molar-refractivity contribution < 1.29 is 4.74 Å². The van der Waals surface area contributed by atoms with E-state index in [9.17, 15) is 0 Å². The molecule has 0 aliphatic rings. The van der Waals surface area contributed by atoms with E-state index in [-0.39, 0.29) is 5.04 Å². The standard InChI is InChI=1S/C29H36OSi/c1-5-15-26(23-30-22-25-16-9-6-10-17-25)24-31(29(2,3)4,27-18-11-7-12-19-27)28-20-13-8-14-21-28/h5-14,16-21,26H,1,15,22-24H2,2-4H3/t26-/m1/s1. The molecule has 1 nitrogen and oxygen atoms in total. The van der Waals surface area contributed by atoms with Crippen molar-refractivity contribution in [2.45, 2.75) is 44.9 Å². The molecule has 3 aromatic carbocycles. The first kappa shape index (κ1) is 23.2. The second-order valence-electron chi connectivity index (χ2n) is 9.48. The fourth-order valence-corrected chi connectivity index (χ4v) is 10.6. The fourth-order valence-electron chi connectivity index (χ4n) is 4.82. The molecular formula is C29H36OSi. The maximum Gasteiger partial charge on any atom is 0.123 e. The fraction of sp³-hybridized carbons (Fsp3) is 0.310. The number of hydrogen-bond donors (Lipinski definition) is 0. The minimum absolute atomic E-state index is 0.161. The van der Waals surface area contributed by atoms with Crippen LogP contribution in [0.2, 0.25) is 11.1 Å². The van der Waals surface area contributed by atoms with E-state index in [4.69, 9.17) is 4.74 Å². The number of ether oxygens (including phenoxy) is 1. The second-order valence-corrected chi connectivity index (χ2v) is 14.4. The molecule has 3 rings (SSSR count). The molecular weight excluding hydrogens is 392 g/mol. The van der Waals surface area contributed by atoms with Crippen LogP contribution >= 0.6 is 0 Å². The van der Waals surface area contributed by atoms with Gasteiger partial charge in [0.25, 0.3) is 0 Å². The summed E-state index contributed by atoms with van der Waals surface area (Å²) in [6, 6.07) is 34.0. The van der Waals surface area contributed by atoms with Gasteiger partial charge in [-0.2, -0.15) is 0 Å². The molecule has 0 radical (unpaired) electrons. The lowest BCUT2D eigenvalue weighted by atomic mass is 10.1. The molecule has 3 aromatic rings. The Balaban J connectivity index is 1.94. The summed E-state index contributed by atoms with van der Waals surface area (Å²) in [6.07, 6.45) is 3.04. The number of allylic oxidation sites excluding steroid dienone is 1. The van der Waals surface area contributed by atoms with Crippen molar-refractivity contribution in [3.8, 4) is 0 Å². The van der Waals surface area contributed by atoms with Crippen LogP contribution in [0.1, 0.15) is 32.8 Å². The Morgan fingerprint density at radius 3 is 1.74 bits per heavy atom. The normalized spacial score (nSPS) is 13.0. The van der Waals surface area contributed by atoms with Crippen LogP contribution in [-0.4, -0.2) is 14.7 Å². The summed E-state index contributed by atoms with van der Waals surface area (Å²) in [5, 5.41) is 3.17. The van der Waals surface area contributed by atoms with E-state index in [1.165, 1.54) is 15.9 Å². The monoisotopic (exact) mass is 428 g/mol. The highest BCUT2D eigenvalue weighted by atomic mass is 28.3. The first-order chi connectivity index (χ1) is 15.0. The van der Waals surface area contributed by atoms with Crippen LogP contribution in [-0.2, 0) is 11.3 Å². The molecule has 0 spiro atoms. The number of rotatable bonds is 10. The molecule has 0 amide bonds. The van der Waals surface area contributed by atoms with Crippen LogP contribution < -0.4 is 10.4 Å². The van der Waals surface area contributed by atoms with Crippen molar-refractivity contribution in [2.24, 2.45) is 5.92 Å². The molecule has 0 aliphatic heterocycles. The Hall–Kier alpha value is -2.42. The average Bonchev–Trinajstić information content (AvgIpc) is 2.78. The Morgan fingerprint density at radius 1 is 0.806 bits per heavy atom. The highest BCUT2D eigenvalue weighted by molar-refractivity contribution is 7.04. The van der Waals surface area contributed by atoms with E-state index in [1.54, 1.807) is 0 Å². The van der Waals surface area contributed by atoms with Crippen molar-refractivity contribution >= 4 is 18.4 Å². The highest BCUT2D eigenvalue weighted by Crippen LogP contribution is 2.41. The van der Waals surface area contributed by atoms with Crippen LogP contribution in [0.25, 0.3) is 0 Å². The predicted octanol–water partition coefficient (Wildman–Crippen LogP) is 6.46. The average molecular weight is 429 g/mol. The largest absolute Gasteiger partial charge is 0.376 e. The quantitative estimate of drug-likeness (QED) is 0.266. The van der Waals surface area contributed by atoms with Gasteiger partial charge in [-0.3, -0.25) is 0 Å². The van der Waals surface area contributed by atoms with Gasteiger partial charge in [-0.25, -0.2) is 0 Å². The van der Waals surface area contributed by atoms with Gasteiger partial charge >= 0.3 is 0 Å². The van der Waals surface area contributed by atoms with Crippen molar-refractivity contribution in [2.75, 3.05) is 6.61 Å². The van der Waals surface area contributed by atoms with E-state index < -0.39 is 8.07 Å². The first-order valence-electron chi connectivity index (χ1n) is 11.3.